The van der Waals surface area contributed by atoms with Crippen LogP contribution in [-0.4, -0.2) is 48.4 Å². The molecule has 0 aliphatic heterocycles. The van der Waals surface area contributed by atoms with Crippen molar-refractivity contribution < 1.29 is 32.2 Å². The number of aromatic nitrogens is 3. The van der Waals surface area contributed by atoms with Gasteiger partial charge in [-0.05, 0) is 74.0 Å². The number of carbonyl (C=O) groups is 1. The molecule has 0 unspecified atom stereocenters. The fourth-order valence-corrected chi connectivity index (χ4v) is 5.55. The van der Waals surface area contributed by atoms with Gasteiger partial charge in [-0.3, -0.25) is 9.78 Å². The Kier molecular flexibility index (Phi) is 9.91. The van der Waals surface area contributed by atoms with Crippen molar-refractivity contribution in [3.63, 3.8) is 0 Å². The lowest BCUT2D eigenvalue weighted by Gasteiger charge is -2.28. The molecule has 4 rings (SSSR count). The largest absolute Gasteiger partial charge is 0.490 e. The molecule has 3 aromatic rings. The first-order chi connectivity index (χ1) is 19.4. The van der Waals surface area contributed by atoms with Gasteiger partial charge < -0.3 is 18.8 Å². The summed E-state index contributed by atoms with van der Waals surface area (Å²) in [6.07, 6.45) is 2.18. The molecule has 7 nitrogen and oxygen atoms in total. The van der Waals surface area contributed by atoms with E-state index in [0.29, 0.717) is 30.2 Å². The number of benzene rings is 1. The molecule has 2 heterocycles. The highest BCUT2D eigenvalue weighted by atomic mass is 28.3. The zero-order valence-corrected chi connectivity index (χ0v) is 25.0. The van der Waals surface area contributed by atoms with Crippen molar-refractivity contribution in [2.75, 3.05) is 13.7 Å². The van der Waals surface area contributed by atoms with E-state index >= 15 is 0 Å². The number of esters is 1. The number of methoxy groups -OCH3 is 1. The lowest BCUT2D eigenvalue weighted by atomic mass is 9.85. The van der Waals surface area contributed by atoms with Gasteiger partial charge in [0, 0.05) is 44.6 Å². The second-order valence-electron chi connectivity index (χ2n) is 11.8. The van der Waals surface area contributed by atoms with Crippen LogP contribution in [0, 0.1) is 5.92 Å². The summed E-state index contributed by atoms with van der Waals surface area (Å²) in [5, 5.41) is 0. The molecule has 0 saturated heterocycles. The number of hydrogen-bond donors (Lipinski definition) is 0. The Balaban J connectivity index is 1.39. The molecule has 0 radical (unpaired) electrons. The van der Waals surface area contributed by atoms with Crippen LogP contribution in [0.25, 0.3) is 22.6 Å². The molecule has 1 saturated carbocycles. The molecule has 11 heteroatoms. The lowest BCUT2D eigenvalue weighted by molar-refractivity contribution is -0.142. The second-order valence-corrected chi connectivity index (χ2v) is 17.4. The van der Waals surface area contributed by atoms with E-state index < -0.39 is 19.9 Å². The number of carbonyl (C=O) groups excluding carboxylic acids is 1. The van der Waals surface area contributed by atoms with Gasteiger partial charge in [-0.25, -0.2) is 4.98 Å². The van der Waals surface area contributed by atoms with Crippen LogP contribution in [0.4, 0.5) is 13.2 Å². The van der Waals surface area contributed by atoms with Gasteiger partial charge in [0.1, 0.15) is 18.3 Å². The third-order valence-corrected chi connectivity index (χ3v) is 8.95. The zero-order valence-electron chi connectivity index (χ0n) is 24.0. The van der Waals surface area contributed by atoms with Crippen LogP contribution in [0.2, 0.25) is 25.7 Å². The molecule has 1 aliphatic rings. The number of ether oxygens (including phenoxy) is 3. The molecule has 222 valence electrons. The van der Waals surface area contributed by atoms with Crippen LogP contribution in [0.5, 0.6) is 5.75 Å². The van der Waals surface area contributed by atoms with Crippen LogP contribution in [-0.2, 0) is 27.2 Å². The maximum Gasteiger partial charge on any atom is 0.434 e. The molecule has 41 heavy (non-hydrogen) atoms. The van der Waals surface area contributed by atoms with Gasteiger partial charge in [-0.15, -0.1) is 0 Å². The third kappa shape index (κ3) is 8.90. The fraction of sp³-hybridized carbons (Fsp3) is 0.500. The molecular formula is C30H38F3N3O4Si. The Morgan fingerprint density at radius 3 is 2.29 bits per heavy atom. The first-order valence-corrected chi connectivity index (χ1v) is 17.6. The first kappa shape index (κ1) is 30.8. The van der Waals surface area contributed by atoms with Crippen molar-refractivity contribution in [3.8, 4) is 28.4 Å². The predicted molar refractivity (Wildman–Crippen MR) is 153 cm³/mol. The summed E-state index contributed by atoms with van der Waals surface area (Å²) in [4.78, 5) is 19.9. The molecule has 0 atom stereocenters. The summed E-state index contributed by atoms with van der Waals surface area (Å²) in [5.74, 6) is 1.11. The average Bonchev–Trinajstić information content (AvgIpc) is 3.37. The molecule has 2 aromatic heterocycles. The average molecular weight is 590 g/mol. The van der Waals surface area contributed by atoms with E-state index in [1.54, 1.807) is 12.1 Å². The molecule has 0 spiro atoms. The number of imidazole rings is 1. The van der Waals surface area contributed by atoms with Crippen molar-refractivity contribution in [2.45, 2.75) is 76.8 Å². The van der Waals surface area contributed by atoms with Crippen LogP contribution in [0.15, 0.2) is 48.8 Å². The predicted octanol–water partition coefficient (Wildman–Crippen LogP) is 7.44. The standard InChI is InChI=1S/C30H38F3N3O4Si/c1-38-28(37)17-21-5-10-24(11-6-21)40-25-12-7-22(8-13-25)26-14-9-23(18-34-26)29-35-27(30(31,32)33)19-36(29)20-39-15-16-41(2,3)4/h7-9,12-14,18-19,21,24H,5-6,10-11,15-17,20H2,1-4H3. The number of halogens is 3. The van der Waals surface area contributed by atoms with Gasteiger partial charge in [0.25, 0.3) is 0 Å². The van der Waals surface area contributed by atoms with Crippen molar-refractivity contribution in [2.24, 2.45) is 5.92 Å². The van der Waals surface area contributed by atoms with Crippen LogP contribution in [0.1, 0.15) is 37.8 Å². The van der Waals surface area contributed by atoms with E-state index in [1.165, 1.54) is 17.9 Å². The van der Waals surface area contributed by atoms with E-state index in [2.05, 4.69) is 29.6 Å². The van der Waals surface area contributed by atoms with Crippen molar-refractivity contribution in [1.82, 2.24) is 14.5 Å². The minimum Gasteiger partial charge on any atom is -0.490 e. The molecular weight excluding hydrogens is 551 g/mol. The number of nitrogens with zero attached hydrogens (tertiary/aromatic N) is 3. The smallest absolute Gasteiger partial charge is 0.434 e. The quantitative estimate of drug-likeness (QED) is 0.131. The number of rotatable bonds is 11. The summed E-state index contributed by atoms with van der Waals surface area (Å²) >= 11 is 0. The van der Waals surface area contributed by atoms with Gasteiger partial charge >= 0.3 is 12.1 Å². The molecule has 1 aliphatic carbocycles. The Hall–Kier alpha value is -3.18. The highest BCUT2D eigenvalue weighted by Gasteiger charge is 2.35. The molecule has 1 aromatic carbocycles. The number of alkyl halides is 3. The fourth-order valence-electron chi connectivity index (χ4n) is 4.79. The minimum atomic E-state index is -4.56. The van der Waals surface area contributed by atoms with Gasteiger partial charge in [0.05, 0.1) is 18.9 Å². The van der Waals surface area contributed by atoms with Crippen molar-refractivity contribution in [1.29, 1.82) is 0 Å². The van der Waals surface area contributed by atoms with Crippen LogP contribution < -0.4 is 4.74 Å². The summed E-state index contributed by atoms with van der Waals surface area (Å²) in [6, 6.07) is 12.0. The summed E-state index contributed by atoms with van der Waals surface area (Å²) in [6.45, 7) is 7.13. The van der Waals surface area contributed by atoms with Crippen molar-refractivity contribution >= 4 is 14.0 Å². The Bertz CT molecular complexity index is 1280. The second kappa shape index (κ2) is 13.2. The monoisotopic (exact) mass is 589 g/mol. The summed E-state index contributed by atoms with van der Waals surface area (Å²) in [5.41, 5.74) is 1.06. The maximum absolute atomic E-state index is 13.4. The molecule has 0 amide bonds. The first-order valence-electron chi connectivity index (χ1n) is 13.9. The lowest BCUT2D eigenvalue weighted by Crippen LogP contribution is -2.25. The van der Waals surface area contributed by atoms with Crippen molar-refractivity contribution in [3.05, 3.63) is 54.5 Å². The Morgan fingerprint density at radius 1 is 1.02 bits per heavy atom. The highest BCUT2D eigenvalue weighted by Crippen LogP contribution is 2.33. The van der Waals surface area contributed by atoms with E-state index in [-0.39, 0.29) is 24.6 Å². The molecule has 0 bridgehead atoms. The van der Waals surface area contributed by atoms with Gasteiger partial charge in [-0.1, -0.05) is 19.6 Å². The Labute approximate surface area is 240 Å². The number of pyridine rings is 1. The van der Waals surface area contributed by atoms with Gasteiger partial charge in [0.2, 0.25) is 0 Å². The van der Waals surface area contributed by atoms with Gasteiger partial charge in [0.15, 0.2) is 5.69 Å². The minimum absolute atomic E-state index is 0.0148. The van der Waals surface area contributed by atoms with E-state index in [4.69, 9.17) is 14.2 Å². The number of hydrogen-bond acceptors (Lipinski definition) is 6. The normalized spacial score (nSPS) is 17.8. The van der Waals surface area contributed by atoms with Crippen LogP contribution >= 0.6 is 0 Å². The summed E-state index contributed by atoms with van der Waals surface area (Å²) < 4.78 is 58.3. The van der Waals surface area contributed by atoms with Crippen LogP contribution in [0.3, 0.4) is 0 Å². The zero-order chi connectivity index (χ0) is 29.6. The van der Waals surface area contributed by atoms with Gasteiger partial charge in [-0.2, -0.15) is 13.2 Å². The summed E-state index contributed by atoms with van der Waals surface area (Å²) in [7, 11) is 0.0948. The maximum atomic E-state index is 13.4. The SMILES string of the molecule is COC(=O)CC1CCC(Oc2ccc(-c3ccc(-c4nc(C(F)(F)F)cn4COCC[Si](C)(C)C)cn3)cc2)CC1. The Morgan fingerprint density at radius 2 is 1.71 bits per heavy atom. The third-order valence-electron chi connectivity index (χ3n) is 7.25. The highest BCUT2D eigenvalue weighted by molar-refractivity contribution is 6.76. The molecule has 0 N–H and O–H groups in total. The molecule has 1 fully saturated rings. The van der Waals surface area contributed by atoms with E-state index in [9.17, 15) is 18.0 Å². The van der Waals surface area contributed by atoms with E-state index in [0.717, 1.165) is 49.2 Å². The topological polar surface area (TPSA) is 75.5 Å². The van der Waals surface area contributed by atoms with E-state index in [1.807, 2.05) is 24.3 Å².